The summed E-state index contributed by atoms with van der Waals surface area (Å²) in [6.45, 7) is 0. The van der Waals surface area contributed by atoms with E-state index in [4.69, 9.17) is 4.52 Å². The molecule has 21 heavy (non-hydrogen) atoms. The Labute approximate surface area is 124 Å². The van der Waals surface area contributed by atoms with Gasteiger partial charge in [-0.3, -0.25) is 4.57 Å². The first-order chi connectivity index (χ1) is 10.1. The minimum atomic E-state index is -3.85. The van der Waals surface area contributed by atoms with E-state index >= 15 is 0 Å². The zero-order valence-corrected chi connectivity index (χ0v) is 13.0. The zero-order valence-electron chi connectivity index (χ0n) is 12.1. The molecule has 0 spiro atoms. The van der Waals surface area contributed by atoms with Crippen molar-refractivity contribution < 1.29 is 18.7 Å². The van der Waals surface area contributed by atoms with Gasteiger partial charge >= 0.3 is 7.60 Å². The highest BCUT2D eigenvalue weighted by Gasteiger charge is 2.32. The number of fused-ring (bicyclic) bond motifs is 1. The summed E-state index contributed by atoms with van der Waals surface area (Å²) in [5.74, 6) is 0. The molecule has 1 unspecified atom stereocenters. The van der Waals surface area contributed by atoms with Crippen LogP contribution in [0.1, 0.15) is 32.1 Å². The first-order valence-electron chi connectivity index (χ1n) is 7.34. The fourth-order valence-corrected chi connectivity index (χ4v) is 4.41. The molecule has 0 bridgehead atoms. The largest absolute Gasteiger partial charge is 0.365 e. The molecule has 0 radical (unpaired) electrons. The van der Waals surface area contributed by atoms with Crippen molar-refractivity contribution in [2.24, 2.45) is 7.05 Å². The molecular formula is C15H20N2O3P+. The van der Waals surface area contributed by atoms with E-state index in [1.807, 2.05) is 24.3 Å². The predicted octanol–water partition coefficient (Wildman–Crippen LogP) is 2.22. The monoisotopic (exact) mass is 307 g/mol. The van der Waals surface area contributed by atoms with Gasteiger partial charge in [-0.15, -0.1) is 0 Å². The van der Waals surface area contributed by atoms with Gasteiger partial charge in [-0.2, -0.15) is 0 Å². The SMILES string of the molecule is C[n+]1cc(P(=O)(O)OC2CCCCC2)c2ccccc2n1. The van der Waals surface area contributed by atoms with Gasteiger partial charge in [0, 0.05) is 5.39 Å². The van der Waals surface area contributed by atoms with Gasteiger partial charge in [0.05, 0.1) is 6.10 Å². The van der Waals surface area contributed by atoms with Crippen molar-refractivity contribution in [2.45, 2.75) is 38.2 Å². The first-order valence-corrected chi connectivity index (χ1v) is 8.91. The number of aromatic nitrogens is 2. The van der Waals surface area contributed by atoms with Crippen LogP contribution in [0.2, 0.25) is 0 Å². The van der Waals surface area contributed by atoms with E-state index in [1.165, 1.54) is 6.42 Å². The topological polar surface area (TPSA) is 63.3 Å². The standard InChI is InChI=1S/C15H19N2O3P/c1-17-11-15(13-9-5-6-10-14(13)16-17)21(18,19)20-12-7-3-2-4-8-12/h5-6,9-12H,2-4,7-8H2,1H3/p+1. The molecule has 6 heteroatoms. The van der Waals surface area contributed by atoms with Crippen molar-refractivity contribution in [3.63, 3.8) is 0 Å². The fraction of sp³-hybridized carbons (Fsp3) is 0.467. The smallest absolute Gasteiger partial charge is 0.321 e. The highest BCUT2D eigenvalue weighted by Crippen LogP contribution is 2.45. The van der Waals surface area contributed by atoms with Crippen LogP contribution in [0.3, 0.4) is 0 Å². The summed E-state index contributed by atoms with van der Waals surface area (Å²) >= 11 is 0. The number of aryl methyl sites for hydroxylation is 1. The Hall–Kier alpha value is -1.29. The number of hydrogen-bond acceptors (Lipinski definition) is 3. The molecule has 2 aromatic rings. The van der Waals surface area contributed by atoms with Crippen LogP contribution in [-0.2, 0) is 16.1 Å². The first kappa shape index (κ1) is 14.6. The number of nitrogens with zero attached hydrogens (tertiary/aromatic N) is 2. The van der Waals surface area contributed by atoms with Gasteiger partial charge in [-0.25, -0.2) is 0 Å². The van der Waals surface area contributed by atoms with Crippen LogP contribution in [0.25, 0.3) is 10.9 Å². The van der Waals surface area contributed by atoms with E-state index in [0.717, 1.165) is 25.7 Å². The van der Waals surface area contributed by atoms with Crippen molar-refractivity contribution >= 4 is 23.8 Å². The van der Waals surface area contributed by atoms with Crippen LogP contribution >= 0.6 is 7.60 Å². The maximum Gasteiger partial charge on any atom is 0.365 e. The number of rotatable bonds is 3. The van der Waals surface area contributed by atoms with Gasteiger partial charge in [0.2, 0.25) is 6.20 Å². The van der Waals surface area contributed by atoms with E-state index in [9.17, 15) is 9.46 Å². The summed E-state index contributed by atoms with van der Waals surface area (Å²) in [5.41, 5.74) is 0.694. The Morgan fingerprint density at radius 2 is 2.00 bits per heavy atom. The second kappa shape index (κ2) is 5.84. The minimum absolute atomic E-state index is 0.119. The third kappa shape index (κ3) is 3.15. The molecule has 1 aliphatic rings. The van der Waals surface area contributed by atoms with Crippen LogP contribution in [0.5, 0.6) is 0 Å². The normalized spacial score (nSPS) is 19.5. The second-order valence-corrected chi connectivity index (χ2v) is 7.32. The molecule has 1 aromatic carbocycles. The van der Waals surface area contributed by atoms with Crippen LogP contribution in [0, 0.1) is 0 Å². The highest BCUT2D eigenvalue weighted by molar-refractivity contribution is 7.61. The van der Waals surface area contributed by atoms with E-state index < -0.39 is 7.60 Å². The molecule has 5 nitrogen and oxygen atoms in total. The zero-order chi connectivity index (χ0) is 14.9. The van der Waals surface area contributed by atoms with Crippen LogP contribution in [-0.4, -0.2) is 16.1 Å². The molecule has 1 aliphatic carbocycles. The van der Waals surface area contributed by atoms with E-state index in [2.05, 4.69) is 5.10 Å². The molecule has 1 aromatic heterocycles. The Bertz CT molecular complexity index is 698. The fourth-order valence-electron chi connectivity index (χ4n) is 2.88. The van der Waals surface area contributed by atoms with Crippen LogP contribution < -0.4 is 9.99 Å². The molecule has 1 heterocycles. The predicted molar refractivity (Wildman–Crippen MR) is 80.3 cm³/mol. The van der Waals surface area contributed by atoms with Crippen molar-refractivity contribution in [3.8, 4) is 0 Å². The third-order valence-electron chi connectivity index (χ3n) is 3.90. The molecule has 1 fully saturated rings. The minimum Gasteiger partial charge on any atom is -0.321 e. The Balaban J connectivity index is 1.99. The number of benzene rings is 1. The van der Waals surface area contributed by atoms with Gasteiger partial charge < -0.3 is 9.42 Å². The third-order valence-corrected chi connectivity index (χ3v) is 5.45. The van der Waals surface area contributed by atoms with Gasteiger partial charge in [0.1, 0.15) is 10.8 Å². The lowest BCUT2D eigenvalue weighted by atomic mass is 9.98. The molecule has 3 rings (SSSR count). The van der Waals surface area contributed by atoms with Crippen molar-refractivity contribution in [3.05, 3.63) is 30.5 Å². The van der Waals surface area contributed by atoms with E-state index in [1.54, 1.807) is 17.9 Å². The Morgan fingerprint density at radius 3 is 2.76 bits per heavy atom. The van der Waals surface area contributed by atoms with E-state index in [0.29, 0.717) is 16.2 Å². The number of hydrogen-bond donors (Lipinski definition) is 1. The average molecular weight is 307 g/mol. The lowest BCUT2D eigenvalue weighted by Gasteiger charge is -2.24. The highest BCUT2D eigenvalue weighted by atomic mass is 31.2. The van der Waals surface area contributed by atoms with Gasteiger partial charge in [0.15, 0.2) is 7.05 Å². The van der Waals surface area contributed by atoms with E-state index in [-0.39, 0.29) is 6.10 Å². The average Bonchev–Trinajstić information content (AvgIpc) is 2.47. The van der Waals surface area contributed by atoms with Gasteiger partial charge in [0.25, 0.3) is 0 Å². The lowest BCUT2D eigenvalue weighted by Crippen LogP contribution is -2.37. The molecule has 1 saturated carbocycles. The summed E-state index contributed by atoms with van der Waals surface area (Å²) < 4.78 is 19.9. The second-order valence-electron chi connectivity index (χ2n) is 5.59. The van der Waals surface area contributed by atoms with Crippen LogP contribution in [0.15, 0.2) is 30.5 Å². The summed E-state index contributed by atoms with van der Waals surface area (Å²) in [6, 6.07) is 7.35. The summed E-state index contributed by atoms with van der Waals surface area (Å²) in [4.78, 5) is 10.5. The maximum atomic E-state index is 12.7. The quantitative estimate of drug-likeness (QED) is 0.697. The Kier molecular flexibility index (Phi) is 4.07. The molecular weight excluding hydrogens is 287 g/mol. The van der Waals surface area contributed by atoms with Crippen molar-refractivity contribution in [2.75, 3.05) is 0 Å². The molecule has 0 aliphatic heterocycles. The van der Waals surface area contributed by atoms with Crippen LogP contribution in [0.4, 0.5) is 0 Å². The summed E-state index contributed by atoms with van der Waals surface area (Å²) in [7, 11) is -2.10. The van der Waals surface area contributed by atoms with Gasteiger partial charge in [-0.1, -0.05) is 42.1 Å². The summed E-state index contributed by atoms with van der Waals surface area (Å²) in [5, 5.41) is 5.34. The van der Waals surface area contributed by atoms with Gasteiger partial charge in [-0.05, 0) is 24.0 Å². The molecule has 1 atom stereocenters. The molecule has 0 amide bonds. The summed E-state index contributed by atoms with van der Waals surface area (Å²) in [6.07, 6.45) is 6.51. The maximum absolute atomic E-state index is 12.7. The molecule has 112 valence electrons. The molecule has 1 N–H and O–H groups in total. The lowest BCUT2D eigenvalue weighted by molar-refractivity contribution is -0.727. The van der Waals surface area contributed by atoms with Crippen molar-refractivity contribution in [1.82, 2.24) is 5.10 Å². The van der Waals surface area contributed by atoms with Crippen molar-refractivity contribution in [1.29, 1.82) is 0 Å². The molecule has 0 saturated heterocycles. The Morgan fingerprint density at radius 1 is 1.29 bits per heavy atom.